The van der Waals surface area contributed by atoms with Gasteiger partial charge in [-0.25, -0.2) is 4.98 Å². The number of aromatic nitrogens is 4. The number of hydrogen-bond acceptors (Lipinski definition) is 5. The third-order valence-electron chi connectivity index (χ3n) is 2.70. The maximum Gasteiger partial charge on any atom is 0.235 e. The molecule has 18 heavy (non-hydrogen) atoms. The second-order valence-corrected chi connectivity index (χ2v) is 4.90. The van der Waals surface area contributed by atoms with E-state index in [1.807, 2.05) is 31.5 Å². The maximum absolute atomic E-state index is 5.32. The number of rotatable bonds is 2. The minimum absolute atomic E-state index is 0.615. The summed E-state index contributed by atoms with van der Waals surface area (Å²) in [7, 11) is 3.51. The van der Waals surface area contributed by atoms with Crippen molar-refractivity contribution in [1.82, 2.24) is 19.7 Å². The zero-order valence-corrected chi connectivity index (χ0v) is 11.2. The first-order valence-electron chi connectivity index (χ1n) is 5.49. The van der Waals surface area contributed by atoms with Crippen LogP contribution in [0.5, 0.6) is 5.88 Å². The molecular weight excluding hydrogens is 248 g/mol. The molecule has 3 rings (SSSR count). The van der Waals surface area contributed by atoms with Crippen molar-refractivity contribution in [1.29, 1.82) is 0 Å². The number of fused-ring (bicyclic) bond motifs is 1. The standard InChI is InChI=1S/C12H12N4OS/c1-7-6-9(16(2)15-7)11-13-8-4-5-18-10(8)12(14-11)17-3/h4-6H,1-3H3. The first kappa shape index (κ1) is 11.2. The van der Waals surface area contributed by atoms with Gasteiger partial charge in [0, 0.05) is 7.05 Å². The van der Waals surface area contributed by atoms with Crippen LogP contribution in [-0.2, 0) is 7.05 Å². The van der Waals surface area contributed by atoms with Gasteiger partial charge in [-0.1, -0.05) is 0 Å². The van der Waals surface area contributed by atoms with Crippen LogP contribution in [-0.4, -0.2) is 26.9 Å². The van der Waals surface area contributed by atoms with Gasteiger partial charge in [-0.15, -0.1) is 11.3 Å². The third-order valence-corrected chi connectivity index (χ3v) is 3.59. The van der Waals surface area contributed by atoms with E-state index < -0.39 is 0 Å². The number of thiophene rings is 1. The van der Waals surface area contributed by atoms with Gasteiger partial charge in [0.2, 0.25) is 5.88 Å². The Labute approximate surface area is 108 Å². The lowest BCUT2D eigenvalue weighted by Crippen LogP contribution is -1.99. The van der Waals surface area contributed by atoms with Crippen molar-refractivity contribution in [3.8, 4) is 17.4 Å². The van der Waals surface area contributed by atoms with Crippen molar-refractivity contribution < 1.29 is 4.74 Å². The average molecular weight is 260 g/mol. The molecular formula is C12H12N4OS. The molecule has 92 valence electrons. The summed E-state index contributed by atoms with van der Waals surface area (Å²) in [6, 6.07) is 3.93. The van der Waals surface area contributed by atoms with E-state index in [4.69, 9.17) is 4.74 Å². The minimum atomic E-state index is 0.615. The predicted molar refractivity (Wildman–Crippen MR) is 70.9 cm³/mol. The number of aryl methyl sites for hydroxylation is 2. The highest BCUT2D eigenvalue weighted by Crippen LogP contribution is 2.30. The average Bonchev–Trinajstić information content (AvgIpc) is 2.93. The second-order valence-electron chi connectivity index (χ2n) is 3.99. The molecule has 0 N–H and O–H groups in total. The summed E-state index contributed by atoms with van der Waals surface area (Å²) in [4.78, 5) is 9.00. The van der Waals surface area contributed by atoms with Gasteiger partial charge < -0.3 is 4.74 Å². The zero-order valence-electron chi connectivity index (χ0n) is 10.3. The monoisotopic (exact) mass is 260 g/mol. The van der Waals surface area contributed by atoms with Crippen molar-refractivity contribution in [3.05, 3.63) is 23.2 Å². The summed E-state index contributed by atoms with van der Waals surface area (Å²) < 4.78 is 8.08. The fraction of sp³-hybridized carbons (Fsp3) is 0.250. The Balaban J connectivity index is 2.26. The lowest BCUT2D eigenvalue weighted by atomic mass is 10.3. The van der Waals surface area contributed by atoms with E-state index in [1.165, 1.54) is 0 Å². The molecule has 0 aromatic carbocycles. The zero-order chi connectivity index (χ0) is 12.7. The van der Waals surface area contributed by atoms with Gasteiger partial charge in [0.1, 0.15) is 10.4 Å². The molecule has 0 unspecified atom stereocenters. The minimum Gasteiger partial charge on any atom is -0.480 e. The summed E-state index contributed by atoms with van der Waals surface area (Å²) in [5.74, 6) is 1.25. The highest BCUT2D eigenvalue weighted by atomic mass is 32.1. The fourth-order valence-corrected chi connectivity index (χ4v) is 2.71. The van der Waals surface area contributed by atoms with E-state index in [0.717, 1.165) is 21.6 Å². The summed E-state index contributed by atoms with van der Waals surface area (Å²) in [5, 5.41) is 6.30. The topological polar surface area (TPSA) is 52.8 Å². The summed E-state index contributed by atoms with van der Waals surface area (Å²) in [5.41, 5.74) is 2.74. The largest absolute Gasteiger partial charge is 0.480 e. The van der Waals surface area contributed by atoms with Gasteiger partial charge >= 0.3 is 0 Å². The number of methoxy groups -OCH3 is 1. The van der Waals surface area contributed by atoms with Crippen LogP contribution in [0.1, 0.15) is 5.69 Å². The van der Waals surface area contributed by atoms with Gasteiger partial charge in [0.25, 0.3) is 0 Å². The van der Waals surface area contributed by atoms with Crippen LogP contribution < -0.4 is 4.74 Å². The Kier molecular flexibility index (Phi) is 2.52. The molecule has 6 heteroatoms. The van der Waals surface area contributed by atoms with Crippen LogP contribution in [0, 0.1) is 6.92 Å². The SMILES string of the molecule is COc1nc(-c2cc(C)nn2C)nc2ccsc12. The van der Waals surface area contributed by atoms with Gasteiger partial charge in [0.15, 0.2) is 5.82 Å². The normalized spacial score (nSPS) is 11.1. The van der Waals surface area contributed by atoms with Crippen LogP contribution in [0.4, 0.5) is 0 Å². The highest BCUT2D eigenvalue weighted by molar-refractivity contribution is 7.17. The van der Waals surface area contributed by atoms with Gasteiger partial charge in [-0.05, 0) is 24.4 Å². The molecule has 3 aromatic rings. The first-order chi connectivity index (χ1) is 8.69. The molecule has 0 radical (unpaired) electrons. The number of ether oxygens (including phenoxy) is 1. The fourth-order valence-electron chi connectivity index (χ4n) is 1.91. The van der Waals surface area contributed by atoms with Crippen LogP contribution in [0.25, 0.3) is 21.7 Å². The third kappa shape index (κ3) is 1.65. The Morgan fingerprint density at radius 3 is 2.83 bits per heavy atom. The molecule has 0 spiro atoms. The molecule has 0 aliphatic rings. The molecule has 0 atom stereocenters. The molecule has 0 aliphatic carbocycles. The van der Waals surface area contributed by atoms with E-state index in [1.54, 1.807) is 23.1 Å². The molecule has 0 saturated carbocycles. The van der Waals surface area contributed by atoms with Crippen molar-refractivity contribution in [3.63, 3.8) is 0 Å². The van der Waals surface area contributed by atoms with Crippen molar-refractivity contribution in [2.24, 2.45) is 7.05 Å². The van der Waals surface area contributed by atoms with Crippen LogP contribution in [0.3, 0.4) is 0 Å². The molecule has 0 saturated heterocycles. The Bertz CT molecular complexity index is 716. The highest BCUT2D eigenvalue weighted by Gasteiger charge is 2.13. The van der Waals surface area contributed by atoms with Gasteiger partial charge in [0.05, 0.1) is 18.3 Å². The van der Waals surface area contributed by atoms with E-state index in [2.05, 4.69) is 15.1 Å². The summed E-state index contributed by atoms with van der Waals surface area (Å²) in [6.07, 6.45) is 0. The smallest absolute Gasteiger partial charge is 0.235 e. The van der Waals surface area contributed by atoms with Crippen LogP contribution >= 0.6 is 11.3 Å². The summed E-state index contributed by atoms with van der Waals surface area (Å²) >= 11 is 1.58. The van der Waals surface area contributed by atoms with Gasteiger partial charge in [-0.2, -0.15) is 10.1 Å². The van der Waals surface area contributed by atoms with E-state index in [9.17, 15) is 0 Å². The molecule has 0 bridgehead atoms. The summed E-state index contributed by atoms with van der Waals surface area (Å²) in [6.45, 7) is 1.95. The molecule has 0 amide bonds. The molecule has 3 aromatic heterocycles. The first-order valence-corrected chi connectivity index (χ1v) is 6.37. The maximum atomic E-state index is 5.32. The predicted octanol–water partition coefficient (Wildman–Crippen LogP) is 2.41. The van der Waals surface area contributed by atoms with E-state index >= 15 is 0 Å². The van der Waals surface area contributed by atoms with E-state index in [0.29, 0.717) is 11.7 Å². The molecule has 0 fully saturated rings. The van der Waals surface area contributed by atoms with Crippen molar-refractivity contribution >= 4 is 21.6 Å². The lowest BCUT2D eigenvalue weighted by molar-refractivity contribution is 0.404. The number of hydrogen-bond donors (Lipinski definition) is 0. The van der Waals surface area contributed by atoms with Crippen molar-refractivity contribution in [2.75, 3.05) is 7.11 Å². The number of nitrogens with zero attached hydrogens (tertiary/aromatic N) is 4. The lowest BCUT2D eigenvalue weighted by Gasteiger charge is -2.04. The quantitative estimate of drug-likeness (QED) is 0.710. The second kappa shape index (κ2) is 4.06. The van der Waals surface area contributed by atoms with Gasteiger partial charge in [-0.3, -0.25) is 4.68 Å². The van der Waals surface area contributed by atoms with E-state index in [-0.39, 0.29) is 0 Å². The van der Waals surface area contributed by atoms with Crippen LogP contribution in [0.2, 0.25) is 0 Å². The Hall–Kier alpha value is -1.95. The Morgan fingerprint density at radius 2 is 2.17 bits per heavy atom. The molecule has 3 heterocycles. The molecule has 5 nitrogen and oxygen atoms in total. The van der Waals surface area contributed by atoms with Crippen LogP contribution in [0.15, 0.2) is 17.5 Å². The molecule has 0 aliphatic heterocycles. The van der Waals surface area contributed by atoms with Crippen molar-refractivity contribution in [2.45, 2.75) is 6.92 Å². The Morgan fingerprint density at radius 1 is 1.33 bits per heavy atom.